The Bertz CT molecular complexity index is 936. The van der Waals surface area contributed by atoms with Gasteiger partial charge in [-0.25, -0.2) is 9.18 Å². The average Bonchev–Trinajstić information content (AvgIpc) is 3.10. The highest BCUT2D eigenvalue weighted by Crippen LogP contribution is 2.26. The highest BCUT2D eigenvalue weighted by molar-refractivity contribution is 6.31. The summed E-state index contributed by atoms with van der Waals surface area (Å²) >= 11 is 6.08. The van der Waals surface area contributed by atoms with Crippen molar-refractivity contribution >= 4 is 29.2 Å². The van der Waals surface area contributed by atoms with E-state index in [0.29, 0.717) is 49.8 Å². The molecule has 2 fully saturated rings. The van der Waals surface area contributed by atoms with Crippen LogP contribution in [0, 0.1) is 5.82 Å². The smallest absolute Gasteiger partial charge is 0.325 e. The lowest BCUT2D eigenvalue weighted by atomic mass is 10.1. The van der Waals surface area contributed by atoms with E-state index >= 15 is 0 Å². The van der Waals surface area contributed by atoms with Crippen LogP contribution in [0.2, 0.25) is 5.02 Å². The van der Waals surface area contributed by atoms with Crippen molar-refractivity contribution in [3.05, 3.63) is 53.6 Å². The maximum atomic E-state index is 14.0. The van der Waals surface area contributed by atoms with E-state index in [1.54, 1.807) is 35.4 Å². The monoisotopic (exact) mass is 432 g/mol. The van der Waals surface area contributed by atoms with E-state index < -0.39 is 5.82 Å². The number of ether oxygens (including phenoxy) is 1. The number of nitrogens with zero attached hydrogens (tertiary/aromatic N) is 4. The van der Waals surface area contributed by atoms with Gasteiger partial charge in [-0.15, -0.1) is 0 Å². The largest absolute Gasteiger partial charge is 0.489 e. The van der Waals surface area contributed by atoms with Crippen LogP contribution < -0.4 is 9.64 Å². The van der Waals surface area contributed by atoms with Crippen LogP contribution in [0.1, 0.15) is 12.8 Å². The van der Waals surface area contributed by atoms with Crippen molar-refractivity contribution in [1.82, 2.24) is 14.8 Å². The standard InChI is InChI=1S/C21H22ClFN4O3/c22-16-13-24-8-5-19(16)30-15-6-9-25(10-7-15)20(28)14-26-11-12-27(21(26)29)18-4-2-1-3-17(18)23/h1-5,8,13,15H,6-7,9-12,14H2. The molecular formula is C21H22ClFN4O3. The molecule has 2 aliphatic heterocycles. The van der Waals surface area contributed by atoms with Gasteiger partial charge in [0.15, 0.2) is 0 Å². The number of amides is 3. The number of likely N-dealkylation sites (tertiary alicyclic amines) is 1. The number of piperidine rings is 1. The summed E-state index contributed by atoms with van der Waals surface area (Å²) in [6.07, 6.45) is 4.49. The predicted octanol–water partition coefficient (Wildman–Crippen LogP) is 3.19. The molecule has 0 bridgehead atoms. The molecule has 9 heteroatoms. The Kier molecular flexibility index (Phi) is 6.03. The summed E-state index contributed by atoms with van der Waals surface area (Å²) < 4.78 is 19.9. The molecule has 7 nitrogen and oxygen atoms in total. The minimum absolute atomic E-state index is 0.00844. The number of carbonyl (C=O) groups excluding carboxylic acids is 2. The van der Waals surface area contributed by atoms with Crippen LogP contribution >= 0.6 is 11.6 Å². The van der Waals surface area contributed by atoms with Gasteiger partial charge in [0.2, 0.25) is 5.91 Å². The van der Waals surface area contributed by atoms with Crippen molar-refractivity contribution in [2.24, 2.45) is 0 Å². The minimum atomic E-state index is -0.449. The van der Waals surface area contributed by atoms with Crippen molar-refractivity contribution in [2.75, 3.05) is 37.6 Å². The molecule has 2 aliphatic rings. The Morgan fingerprint density at radius 1 is 1.17 bits per heavy atom. The molecule has 1 aromatic carbocycles. The fourth-order valence-corrected chi connectivity index (χ4v) is 3.91. The zero-order valence-corrected chi connectivity index (χ0v) is 17.1. The van der Waals surface area contributed by atoms with Gasteiger partial charge in [0.25, 0.3) is 0 Å². The maximum Gasteiger partial charge on any atom is 0.325 e. The molecule has 0 aliphatic carbocycles. The summed E-state index contributed by atoms with van der Waals surface area (Å²) in [4.78, 5) is 33.9. The number of halogens is 2. The molecule has 0 unspecified atom stereocenters. The fraction of sp³-hybridized carbons (Fsp3) is 0.381. The quantitative estimate of drug-likeness (QED) is 0.727. The third-order valence-electron chi connectivity index (χ3n) is 5.39. The van der Waals surface area contributed by atoms with Gasteiger partial charge in [-0.05, 0) is 12.1 Å². The fourth-order valence-electron chi connectivity index (χ4n) is 3.75. The molecule has 0 radical (unpaired) electrons. The van der Waals surface area contributed by atoms with Crippen LogP contribution in [0.15, 0.2) is 42.7 Å². The molecule has 158 valence electrons. The summed E-state index contributed by atoms with van der Waals surface area (Å²) in [5.74, 6) is 0.0295. The zero-order valence-electron chi connectivity index (χ0n) is 16.3. The zero-order chi connectivity index (χ0) is 21.1. The summed E-state index contributed by atoms with van der Waals surface area (Å²) in [6.45, 7) is 1.83. The Labute approximate surface area is 179 Å². The molecule has 30 heavy (non-hydrogen) atoms. The van der Waals surface area contributed by atoms with Crippen molar-refractivity contribution in [2.45, 2.75) is 18.9 Å². The average molecular weight is 433 g/mol. The normalized spacial score (nSPS) is 17.5. The van der Waals surface area contributed by atoms with E-state index in [0.717, 1.165) is 0 Å². The molecule has 1 aromatic heterocycles. The highest BCUT2D eigenvalue weighted by Gasteiger charge is 2.34. The molecule has 2 saturated heterocycles. The second kappa shape index (κ2) is 8.87. The molecule has 3 heterocycles. The van der Waals surface area contributed by atoms with E-state index in [2.05, 4.69) is 4.98 Å². The van der Waals surface area contributed by atoms with Crippen LogP contribution in [0.5, 0.6) is 5.75 Å². The second-order valence-corrected chi connectivity index (χ2v) is 7.72. The van der Waals surface area contributed by atoms with E-state index in [4.69, 9.17) is 16.3 Å². The second-order valence-electron chi connectivity index (χ2n) is 7.31. The van der Waals surface area contributed by atoms with Crippen molar-refractivity contribution in [3.63, 3.8) is 0 Å². The predicted molar refractivity (Wildman–Crippen MR) is 110 cm³/mol. The lowest BCUT2D eigenvalue weighted by Crippen LogP contribution is -2.47. The van der Waals surface area contributed by atoms with E-state index in [9.17, 15) is 14.0 Å². The molecular weight excluding hydrogens is 411 g/mol. The van der Waals surface area contributed by atoms with Crippen molar-refractivity contribution < 1.29 is 18.7 Å². The van der Waals surface area contributed by atoms with Crippen LogP contribution in [-0.2, 0) is 4.79 Å². The van der Waals surface area contributed by atoms with E-state index in [1.165, 1.54) is 22.1 Å². The number of hydrogen-bond acceptors (Lipinski definition) is 4. The lowest BCUT2D eigenvalue weighted by Gasteiger charge is -2.33. The van der Waals surface area contributed by atoms with Crippen LogP contribution in [0.25, 0.3) is 0 Å². The lowest BCUT2D eigenvalue weighted by molar-refractivity contribution is -0.133. The van der Waals surface area contributed by atoms with Gasteiger partial charge in [0, 0.05) is 57.5 Å². The molecule has 0 spiro atoms. The number of anilines is 1. The minimum Gasteiger partial charge on any atom is -0.489 e. The number of rotatable bonds is 5. The van der Waals surface area contributed by atoms with Crippen LogP contribution in [-0.4, -0.2) is 65.5 Å². The third-order valence-corrected chi connectivity index (χ3v) is 5.67. The number of hydrogen-bond donors (Lipinski definition) is 0. The van der Waals surface area contributed by atoms with Gasteiger partial charge >= 0.3 is 6.03 Å². The maximum absolute atomic E-state index is 14.0. The third kappa shape index (κ3) is 4.33. The Balaban J connectivity index is 1.29. The first-order valence-electron chi connectivity index (χ1n) is 9.88. The molecule has 0 atom stereocenters. The number of aromatic nitrogens is 1. The van der Waals surface area contributed by atoms with Gasteiger partial charge in [0.05, 0.1) is 5.69 Å². The number of urea groups is 1. The van der Waals surface area contributed by atoms with Gasteiger partial charge in [-0.3, -0.25) is 14.7 Å². The first kappa shape index (κ1) is 20.4. The summed E-state index contributed by atoms with van der Waals surface area (Å²) in [5, 5.41) is 0.461. The van der Waals surface area contributed by atoms with Crippen molar-refractivity contribution in [1.29, 1.82) is 0 Å². The van der Waals surface area contributed by atoms with Gasteiger partial charge < -0.3 is 14.5 Å². The molecule has 0 N–H and O–H groups in total. The topological polar surface area (TPSA) is 66.0 Å². The number of pyridine rings is 1. The summed E-state index contributed by atoms with van der Waals surface area (Å²) in [6, 6.07) is 7.53. The molecule has 4 rings (SSSR count). The van der Waals surface area contributed by atoms with Gasteiger partial charge in [0.1, 0.15) is 29.2 Å². The number of benzene rings is 1. The number of para-hydroxylation sites is 1. The summed E-state index contributed by atoms with van der Waals surface area (Å²) in [7, 11) is 0. The molecule has 2 aromatic rings. The highest BCUT2D eigenvalue weighted by atomic mass is 35.5. The van der Waals surface area contributed by atoms with Crippen molar-refractivity contribution in [3.8, 4) is 5.75 Å². The molecule has 3 amide bonds. The Morgan fingerprint density at radius 2 is 1.93 bits per heavy atom. The number of carbonyl (C=O) groups is 2. The Morgan fingerprint density at radius 3 is 2.67 bits per heavy atom. The van der Waals surface area contributed by atoms with Gasteiger partial charge in [-0.1, -0.05) is 23.7 Å². The first-order valence-corrected chi connectivity index (χ1v) is 10.3. The Hall–Kier alpha value is -2.87. The summed E-state index contributed by atoms with van der Waals surface area (Å²) in [5.41, 5.74) is 0.241. The first-order chi connectivity index (χ1) is 14.5. The van der Waals surface area contributed by atoms with Crippen LogP contribution in [0.3, 0.4) is 0 Å². The van der Waals surface area contributed by atoms with Gasteiger partial charge in [-0.2, -0.15) is 0 Å². The van der Waals surface area contributed by atoms with Crippen LogP contribution in [0.4, 0.5) is 14.9 Å². The van der Waals surface area contributed by atoms with E-state index in [1.807, 2.05) is 0 Å². The van der Waals surface area contributed by atoms with E-state index in [-0.39, 0.29) is 30.3 Å². The molecule has 0 saturated carbocycles. The SMILES string of the molecule is O=C(CN1CCN(c2ccccc2F)C1=O)N1CCC(Oc2ccncc2Cl)CC1.